The molecule has 1 aliphatic heterocycles. The standard InChI is InChI=1S/C20H31N5OS2/c1-4-19-24-16(14-27-19)12-22-20(21-5-2)23-13-17(18-7-6-15(3)28-18)25-8-10-26-11-9-25/h6-7,14,17H,4-5,8-13H2,1-3H3,(H2,21,22,23). The summed E-state index contributed by atoms with van der Waals surface area (Å²) < 4.78 is 5.55. The summed E-state index contributed by atoms with van der Waals surface area (Å²) in [5.41, 5.74) is 1.04. The van der Waals surface area contributed by atoms with Crippen LogP contribution in [0.25, 0.3) is 0 Å². The zero-order valence-electron chi connectivity index (χ0n) is 17.0. The number of nitrogens with zero attached hydrogens (tertiary/aromatic N) is 3. The Labute approximate surface area is 176 Å². The molecule has 3 heterocycles. The van der Waals surface area contributed by atoms with Gasteiger partial charge in [0.05, 0.1) is 36.5 Å². The van der Waals surface area contributed by atoms with Gasteiger partial charge in [0.2, 0.25) is 0 Å². The van der Waals surface area contributed by atoms with Crippen molar-refractivity contribution in [2.24, 2.45) is 4.99 Å². The Kier molecular flexibility index (Phi) is 8.27. The van der Waals surface area contributed by atoms with Gasteiger partial charge in [-0.05, 0) is 32.4 Å². The molecule has 1 aliphatic rings. The molecular formula is C20H31N5OS2. The zero-order valence-corrected chi connectivity index (χ0v) is 18.7. The summed E-state index contributed by atoms with van der Waals surface area (Å²) in [7, 11) is 0. The number of rotatable bonds is 8. The molecule has 0 bridgehead atoms. The summed E-state index contributed by atoms with van der Waals surface area (Å²) in [5, 5.41) is 10.2. The van der Waals surface area contributed by atoms with Crippen molar-refractivity contribution < 1.29 is 4.74 Å². The second-order valence-electron chi connectivity index (χ2n) is 6.77. The minimum absolute atomic E-state index is 0.331. The van der Waals surface area contributed by atoms with Crippen molar-refractivity contribution in [3.05, 3.63) is 38.0 Å². The van der Waals surface area contributed by atoms with Gasteiger partial charge < -0.3 is 15.4 Å². The number of aryl methyl sites for hydroxylation is 2. The molecule has 0 spiro atoms. The Morgan fingerprint density at radius 3 is 2.75 bits per heavy atom. The number of guanidine groups is 1. The third kappa shape index (κ3) is 6.01. The first-order chi connectivity index (χ1) is 13.7. The number of thiazole rings is 1. The van der Waals surface area contributed by atoms with E-state index in [4.69, 9.17) is 9.73 Å². The molecule has 6 nitrogen and oxygen atoms in total. The van der Waals surface area contributed by atoms with E-state index in [0.29, 0.717) is 12.6 Å². The van der Waals surface area contributed by atoms with Gasteiger partial charge in [-0.2, -0.15) is 0 Å². The number of morpholine rings is 1. The van der Waals surface area contributed by atoms with E-state index in [0.717, 1.165) is 57.5 Å². The van der Waals surface area contributed by atoms with Crippen molar-refractivity contribution >= 4 is 28.6 Å². The highest BCUT2D eigenvalue weighted by Gasteiger charge is 2.24. The van der Waals surface area contributed by atoms with Gasteiger partial charge in [0.15, 0.2) is 5.96 Å². The van der Waals surface area contributed by atoms with E-state index in [-0.39, 0.29) is 0 Å². The average molecular weight is 422 g/mol. The first-order valence-electron chi connectivity index (χ1n) is 10.0. The van der Waals surface area contributed by atoms with E-state index in [2.05, 4.69) is 58.8 Å². The van der Waals surface area contributed by atoms with Crippen molar-refractivity contribution in [1.29, 1.82) is 0 Å². The van der Waals surface area contributed by atoms with Crippen LogP contribution in [-0.4, -0.2) is 55.2 Å². The van der Waals surface area contributed by atoms with E-state index in [9.17, 15) is 0 Å². The first-order valence-corrected chi connectivity index (χ1v) is 11.7. The van der Waals surface area contributed by atoms with Gasteiger partial charge in [-0.3, -0.25) is 4.90 Å². The molecule has 1 fully saturated rings. The fraction of sp³-hybridized carbons (Fsp3) is 0.600. The Balaban J connectivity index is 1.66. The van der Waals surface area contributed by atoms with Gasteiger partial charge in [0.1, 0.15) is 0 Å². The largest absolute Gasteiger partial charge is 0.379 e. The highest BCUT2D eigenvalue weighted by atomic mass is 32.1. The molecule has 1 atom stereocenters. The second-order valence-corrected chi connectivity index (χ2v) is 9.04. The zero-order chi connectivity index (χ0) is 19.8. The third-order valence-corrected chi connectivity index (χ3v) is 6.83. The van der Waals surface area contributed by atoms with Crippen LogP contribution >= 0.6 is 22.7 Å². The Morgan fingerprint density at radius 1 is 1.29 bits per heavy atom. The number of aromatic nitrogens is 1. The van der Waals surface area contributed by atoms with E-state index in [1.165, 1.54) is 14.8 Å². The van der Waals surface area contributed by atoms with Crippen molar-refractivity contribution in [3.63, 3.8) is 0 Å². The van der Waals surface area contributed by atoms with E-state index in [1.54, 1.807) is 11.3 Å². The fourth-order valence-corrected chi connectivity index (χ4v) is 4.96. The molecule has 0 aromatic carbocycles. The van der Waals surface area contributed by atoms with Crippen LogP contribution in [0.1, 0.15) is 40.3 Å². The Morgan fingerprint density at radius 2 is 2.11 bits per heavy atom. The van der Waals surface area contributed by atoms with Crippen LogP contribution in [0.4, 0.5) is 0 Å². The van der Waals surface area contributed by atoms with Gasteiger partial charge >= 0.3 is 0 Å². The predicted octanol–water partition coefficient (Wildman–Crippen LogP) is 3.20. The predicted molar refractivity (Wildman–Crippen MR) is 118 cm³/mol. The molecule has 0 aliphatic carbocycles. The van der Waals surface area contributed by atoms with Crippen molar-refractivity contribution in [3.8, 4) is 0 Å². The molecule has 2 aromatic heterocycles. The minimum Gasteiger partial charge on any atom is -0.379 e. The summed E-state index contributed by atoms with van der Waals surface area (Å²) in [5.74, 6) is 0.847. The average Bonchev–Trinajstić information content (AvgIpc) is 3.36. The first kappa shape index (κ1) is 21.2. The minimum atomic E-state index is 0.331. The topological polar surface area (TPSA) is 61.8 Å². The quantitative estimate of drug-likeness (QED) is 0.506. The summed E-state index contributed by atoms with van der Waals surface area (Å²) in [6.07, 6.45) is 0.980. The number of hydrogen-bond acceptors (Lipinski definition) is 6. The summed E-state index contributed by atoms with van der Waals surface area (Å²) in [6.45, 7) is 12.2. The summed E-state index contributed by atoms with van der Waals surface area (Å²) in [6, 6.07) is 4.80. The van der Waals surface area contributed by atoms with Crippen molar-refractivity contribution in [2.75, 3.05) is 39.4 Å². The van der Waals surface area contributed by atoms with Gasteiger partial charge in [-0.15, -0.1) is 22.7 Å². The lowest BCUT2D eigenvalue weighted by atomic mass is 10.2. The monoisotopic (exact) mass is 421 g/mol. The van der Waals surface area contributed by atoms with Crippen LogP contribution in [0.3, 0.4) is 0 Å². The van der Waals surface area contributed by atoms with Crippen molar-refractivity contribution in [1.82, 2.24) is 20.5 Å². The van der Waals surface area contributed by atoms with Crippen LogP contribution in [0.5, 0.6) is 0 Å². The molecule has 154 valence electrons. The van der Waals surface area contributed by atoms with E-state index < -0.39 is 0 Å². The smallest absolute Gasteiger partial charge is 0.191 e. The lowest BCUT2D eigenvalue weighted by molar-refractivity contribution is 0.0177. The molecule has 0 saturated carbocycles. The summed E-state index contributed by atoms with van der Waals surface area (Å²) in [4.78, 5) is 14.6. The number of ether oxygens (including phenoxy) is 1. The highest BCUT2D eigenvalue weighted by Crippen LogP contribution is 2.27. The van der Waals surface area contributed by atoms with Gasteiger partial charge in [0, 0.05) is 41.3 Å². The van der Waals surface area contributed by atoms with E-state index in [1.807, 2.05) is 11.3 Å². The third-order valence-electron chi connectivity index (χ3n) is 4.68. The molecule has 2 N–H and O–H groups in total. The number of aliphatic imine (C=N–C) groups is 1. The van der Waals surface area contributed by atoms with Gasteiger partial charge in [0.25, 0.3) is 0 Å². The lowest BCUT2D eigenvalue weighted by Gasteiger charge is -2.34. The van der Waals surface area contributed by atoms with Crippen LogP contribution in [0, 0.1) is 6.92 Å². The van der Waals surface area contributed by atoms with Crippen LogP contribution < -0.4 is 10.6 Å². The van der Waals surface area contributed by atoms with Gasteiger partial charge in [-0.1, -0.05) is 6.92 Å². The number of hydrogen-bond donors (Lipinski definition) is 2. The molecular weight excluding hydrogens is 390 g/mol. The molecule has 1 saturated heterocycles. The highest BCUT2D eigenvalue weighted by molar-refractivity contribution is 7.12. The molecule has 8 heteroatoms. The maximum absolute atomic E-state index is 5.55. The Bertz CT molecular complexity index is 751. The van der Waals surface area contributed by atoms with E-state index >= 15 is 0 Å². The molecule has 0 radical (unpaired) electrons. The fourth-order valence-electron chi connectivity index (χ4n) is 3.21. The maximum atomic E-state index is 5.55. The normalized spacial score (nSPS) is 16.9. The van der Waals surface area contributed by atoms with Crippen LogP contribution in [0.15, 0.2) is 22.5 Å². The lowest BCUT2D eigenvalue weighted by Crippen LogP contribution is -2.46. The SMILES string of the molecule is CCNC(=NCc1csc(CC)n1)NCC(c1ccc(C)s1)N1CCOCC1. The van der Waals surface area contributed by atoms with Crippen molar-refractivity contribution in [2.45, 2.75) is 39.8 Å². The molecule has 3 rings (SSSR count). The maximum Gasteiger partial charge on any atom is 0.191 e. The molecule has 0 amide bonds. The van der Waals surface area contributed by atoms with Gasteiger partial charge in [-0.25, -0.2) is 9.98 Å². The number of nitrogens with one attached hydrogen (secondary N) is 2. The van der Waals surface area contributed by atoms with Crippen LogP contribution in [0.2, 0.25) is 0 Å². The second kappa shape index (κ2) is 10.9. The Hall–Kier alpha value is -1.48. The number of thiophene rings is 1. The summed E-state index contributed by atoms with van der Waals surface area (Å²) >= 11 is 3.59. The van der Waals surface area contributed by atoms with Crippen LogP contribution in [-0.2, 0) is 17.7 Å². The molecule has 1 unspecified atom stereocenters. The molecule has 28 heavy (non-hydrogen) atoms. The molecule has 2 aromatic rings.